The first-order chi connectivity index (χ1) is 14.6. The Kier molecular flexibility index (Phi) is 8.01. The van der Waals surface area contributed by atoms with Crippen molar-refractivity contribution in [2.45, 2.75) is 40.2 Å². The van der Waals surface area contributed by atoms with Gasteiger partial charge in [-0.25, -0.2) is 4.79 Å². The SMILES string of the molecule is CCN(CC)c1ccc(C(=O)NNC(=O)c2ccc(NC(=O)OC(C)(C)C)cc2)cc1. The van der Waals surface area contributed by atoms with E-state index in [4.69, 9.17) is 4.74 Å². The third kappa shape index (κ3) is 7.33. The number of benzene rings is 2. The number of hydrogen-bond donors (Lipinski definition) is 3. The molecule has 0 unspecified atom stereocenters. The summed E-state index contributed by atoms with van der Waals surface area (Å²) in [5.41, 5.74) is 6.47. The van der Waals surface area contributed by atoms with Crippen LogP contribution < -0.4 is 21.1 Å². The molecule has 0 fully saturated rings. The average Bonchev–Trinajstić information content (AvgIpc) is 2.72. The van der Waals surface area contributed by atoms with Crippen molar-refractivity contribution < 1.29 is 19.1 Å². The second kappa shape index (κ2) is 10.5. The van der Waals surface area contributed by atoms with Crippen molar-refractivity contribution in [2.75, 3.05) is 23.3 Å². The number of ether oxygens (including phenoxy) is 1. The number of nitrogens with zero attached hydrogens (tertiary/aromatic N) is 1. The van der Waals surface area contributed by atoms with Crippen LogP contribution in [-0.2, 0) is 4.74 Å². The van der Waals surface area contributed by atoms with Gasteiger partial charge in [-0.3, -0.25) is 25.8 Å². The molecule has 0 aliphatic rings. The molecule has 0 radical (unpaired) electrons. The molecular weight excluding hydrogens is 396 g/mol. The summed E-state index contributed by atoms with van der Waals surface area (Å²) in [6, 6.07) is 13.4. The number of anilines is 2. The first-order valence-corrected chi connectivity index (χ1v) is 10.2. The van der Waals surface area contributed by atoms with E-state index in [1.165, 1.54) is 12.1 Å². The summed E-state index contributed by atoms with van der Waals surface area (Å²) in [5, 5.41) is 2.59. The predicted octanol–water partition coefficient (Wildman–Crippen LogP) is 3.95. The molecule has 2 aromatic carbocycles. The maximum Gasteiger partial charge on any atom is 0.412 e. The van der Waals surface area contributed by atoms with Crippen molar-refractivity contribution in [1.82, 2.24) is 10.9 Å². The summed E-state index contributed by atoms with van der Waals surface area (Å²) >= 11 is 0. The molecule has 0 heterocycles. The zero-order valence-electron chi connectivity index (χ0n) is 18.6. The van der Waals surface area contributed by atoms with Gasteiger partial charge in [0.05, 0.1) is 0 Å². The summed E-state index contributed by atoms with van der Waals surface area (Å²) in [7, 11) is 0. The third-order valence-corrected chi connectivity index (χ3v) is 4.34. The first kappa shape index (κ1) is 23.7. The van der Waals surface area contributed by atoms with Gasteiger partial charge < -0.3 is 9.64 Å². The molecule has 0 saturated heterocycles. The Hall–Kier alpha value is -3.55. The molecule has 0 aliphatic heterocycles. The molecule has 2 rings (SSSR count). The van der Waals surface area contributed by atoms with E-state index < -0.39 is 23.5 Å². The zero-order chi connectivity index (χ0) is 23.0. The molecule has 31 heavy (non-hydrogen) atoms. The van der Waals surface area contributed by atoms with Crippen LogP contribution in [0, 0.1) is 0 Å². The minimum Gasteiger partial charge on any atom is -0.444 e. The van der Waals surface area contributed by atoms with E-state index in [9.17, 15) is 14.4 Å². The number of carbonyl (C=O) groups is 3. The van der Waals surface area contributed by atoms with Crippen LogP contribution in [0.15, 0.2) is 48.5 Å². The van der Waals surface area contributed by atoms with Crippen LogP contribution in [0.4, 0.5) is 16.2 Å². The van der Waals surface area contributed by atoms with Gasteiger partial charge in [0, 0.05) is 35.6 Å². The Balaban J connectivity index is 1.89. The van der Waals surface area contributed by atoms with Crippen LogP contribution in [0.3, 0.4) is 0 Å². The minimum absolute atomic E-state index is 0.326. The monoisotopic (exact) mass is 426 g/mol. The second-order valence-corrected chi connectivity index (χ2v) is 7.83. The number of amides is 3. The van der Waals surface area contributed by atoms with Crippen molar-refractivity contribution >= 4 is 29.3 Å². The molecule has 8 heteroatoms. The van der Waals surface area contributed by atoms with Crippen molar-refractivity contribution in [3.63, 3.8) is 0 Å². The van der Waals surface area contributed by atoms with E-state index in [0.717, 1.165) is 18.8 Å². The van der Waals surface area contributed by atoms with Gasteiger partial charge in [-0.2, -0.15) is 0 Å². The highest BCUT2D eigenvalue weighted by atomic mass is 16.6. The zero-order valence-corrected chi connectivity index (χ0v) is 18.6. The van der Waals surface area contributed by atoms with Gasteiger partial charge in [0.1, 0.15) is 5.60 Å². The van der Waals surface area contributed by atoms with Crippen LogP contribution in [0.2, 0.25) is 0 Å². The molecule has 166 valence electrons. The third-order valence-electron chi connectivity index (χ3n) is 4.34. The maximum absolute atomic E-state index is 12.3. The standard InChI is InChI=1S/C23H30N4O4/c1-6-27(7-2)19-14-10-17(11-15-19)21(29)26-25-20(28)16-8-12-18(13-9-16)24-22(30)31-23(3,4)5/h8-15H,6-7H2,1-5H3,(H,24,30)(H,25,28)(H,26,29). The van der Waals surface area contributed by atoms with Gasteiger partial charge in [-0.1, -0.05) is 0 Å². The van der Waals surface area contributed by atoms with E-state index in [0.29, 0.717) is 16.8 Å². The highest BCUT2D eigenvalue weighted by Crippen LogP contribution is 2.15. The molecular formula is C23H30N4O4. The summed E-state index contributed by atoms with van der Waals surface area (Å²) in [5.74, 6) is -0.889. The molecule has 0 atom stereocenters. The Morgan fingerprint density at radius 2 is 1.26 bits per heavy atom. The number of rotatable bonds is 6. The second-order valence-electron chi connectivity index (χ2n) is 7.83. The maximum atomic E-state index is 12.3. The lowest BCUT2D eigenvalue weighted by molar-refractivity contribution is 0.0635. The van der Waals surface area contributed by atoms with Crippen molar-refractivity contribution in [3.05, 3.63) is 59.7 Å². The highest BCUT2D eigenvalue weighted by Gasteiger charge is 2.16. The Labute approximate surface area is 182 Å². The fraction of sp³-hybridized carbons (Fsp3) is 0.348. The van der Waals surface area contributed by atoms with E-state index in [-0.39, 0.29) is 0 Å². The fourth-order valence-electron chi connectivity index (χ4n) is 2.80. The smallest absolute Gasteiger partial charge is 0.412 e. The first-order valence-electron chi connectivity index (χ1n) is 10.2. The molecule has 2 aromatic rings. The van der Waals surface area contributed by atoms with E-state index in [1.807, 2.05) is 12.1 Å². The summed E-state index contributed by atoms with van der Waals surface area (Å²) in [6.45, 7) is 11.2. The van der Waals surface area contributed by atoms with Crippen LogP contribution in [0.25, 0.3) is 0 Å². The molecule has 8 nitrogen and oxygen atoms in total. The number of carbonyl (C=O) groups excluding carboxylic acids is 3. The van der Waals surface area contributed by atoms with Gasteiger partial charge in [-0.05, 0) is 83.1 Å². The lowest BCUT2D eigenvalue weighted by atomic mass is 10.2. The van der Waals surface area contributed by atoms with Crippen LogP contribution in [0.1, 0.15) is 55.3 Å². The Bertz CT molecular complexity index is 899. The molecule has 0 saturated carbocycles. The fourth-order valence-corrected chi connectivity index (χ4v) is 2.80. The average molecular weight is 427 g/mol. The summed E-state index contributed by atoms with van der Waals surface area (Å²) in [6.07, 6.45) is -0.580. The lowest BCUT2D eigenvalue weighted by Crippen LogP contribution is -2.41. The Morgan fingerprint density at radius 3 is 1.68 bits per heavy atom. The quantitative estimate of drug-likeness (QED) is 0.607. The normalized spacial score (nSPS) is 10.7. The largest absolute Gasteiger partial charge is 0.444 e. The minimum atomic E-state index is -0.603. The Morgan fingerprint density at radius 1 is 0.806 bits per heavy atom. The molecule has 0 bridgehead atoms. The van der Waals surface area contributed by atoms with E-state index in [2.05, 4.69) is 34.9 Å². The summed E-state index contributed by atoms with van der Waals surface area (Å²) < 4.78 is 5.18. The molecule has 3 amide bonds. The van der Waals surface area contributed by atoms with Gasteiger partial charge in [0.2, 0.25) is 0 Å². The van der Waals surface area contributed by atoms with E-state index in [1.54, 1.807) is 45.0 Å². The topological polar surface area (TPSA) is 99.8 Å². The lowest BCUT2D eigenvalue weighted by Gasteiger charge is -2.21. The van der Waals surface area contributed by atoms with Crippen molar-refractivity contribution in [1.29, 1.82) is 0 Å². The highest BCUT2D eigenvalue weighted by molar-refractivity contribution is 5.99. The molecule has 0 spiro atoms. The van der Waals surface area contributed by atoms with Gasteiger partial charge >= 0.3 is 6.09 Å². The van der Waals surface area contributed by atoms with Crippen LogP contribution in [-0.4, -0.2) is 36.6 Å². The van der Waals surface area contributed by atoms with E-state index >= 15 is 0 Å². The number of hydrogen-bond acceptors (Lipinski definition) is 5. The molecule has 0 aromatic heterocycles. The molecule has 0 aliphatic carbocycles. The number of nitrogens with one attached hydrogen (secondary N) is 3. The number of hydrazine groups is 1. The van der Waals surface area contributed by atoms with Crippen molar-refractivity contribution in [2.24, 2.45) is 0 Å². The van der Waals surface area contributed by atoms with Gasteiger partial charge in [0.15, 0.2) is 0 Å². The predicted molar refractivity (Wildman–Crippen MR) is 121 cm³/mol. The van der Waals surface area contributed by atoms with Crippen molar-refractivity contribution in [3.8, 4) is 0 Å². The van der Waals surface area contributed by atoms with Crippen LogP contribution >= 0.6 is 0 Å². The molecule has 3 N–H and O–H groups in total. The van der Waals surface area contributed by atoms with Crippen LogP contribution in [0.5, 0.6) is 0 Å². The van der Waals surface area contributed by atoms with Gasteiger partial charge in [0.25, 0.3) is 11.8 Å². The summed E-state index contributed by atoms with van der Waals surface area (Å²) in [4.78, 5) is 38.5. The van der Waals surface area contributed by atoms with Gasteiger partial charge in [-0.15, -0.1) is 0 Å².